The number of nitrogens with zero attached hydrogens (tertiary/aromatic N) is 2. The fourth-order valence-corrected chi connectivity index (χ4v) is 3.63. The van der Waals surface area contributed by atoms with Crippen LogP contribution in [0.5, 0.6) is 0 Å². The van der Waals surface area contributed by atoms with Crippen LogP contribution in [0.2, 0.25) is 5.02 Å². The van der Waals surface area contributed by atoms with E-state index in [0.29, 0.717) is 14.9 Å². The van der Waals surface area contributed by atoms with Crippen LogP contribution in [0, 0.1) is 0 Å². The quantitative estimate of drug-likeness (QED) is 0.450. The minimum absolute atomic E-state index is 0.275. The van der Waals surface area contributed by atoms with E-state index in [2.05, 4.69) is 20.8 Å². The average Bonchev–Trinajstić information content (AvgIpc) is 2.99. The molecule has 1 atom stereocenters. The Morgan fingerprint density at radius 3 is 2.46 bits per heavy atom. The van der Waals surface area contributed by atoms with Crippen LogP contribution in [-0.2, 0) is 9.59 Å². The zero-order valence-electron chi connectivity index (χ0n) is 12.7. The number of rotatable bonds is 6. The average molecular weight is 385 g/mol. The van der Waals surface area contributed by atoms with Crippen molar-refractivity contribution < 1.29 is 14.4 Å². The van der Waals surface area contributed by atoms with E-state index < -0.39 is 11.2 Å². The highest BCUT2D eigenvalue weighted by atomic mass is 35.5. The summed E-state index contributed by atoms with van der Waals surface area (Å²) >= 11 is 7.85. The molecule has 0 aliphatic carbocycles. The zero-order valence-corrected chi connectivity index (χ0v) is 15.1. The molecule has 2 amide bonds. The number of anilines is 1. The number of halogens is 1. The highest BCUT2D eigenvalue weighted by molar-refractivity contribution is 8.03. The van der Waals surface area contributed by atoms with E-state index in [-0.39, 0.29) is 16.8 Å². The van der Waals surface area contributed by atoms with Gasteiger partial charge in [-0.3, -0.25) is 19.7 Å². The third-order valence-corrected chi connectivity index (χ3v) is 5.29. The standard InChI is InChI=1S/C14H13ClN4O3S2/c1-7(20)10(12(22)16-2)23-14-19-18-13(24-14)17-11(21)8-3-5-9(15)6-4-8/h3-6,10H,1-2H3,(H,16,22)(H,17,18,21)/t10-/m0/s1. The van der Waals surface area contributed by atoms with E-state index in [1.54, 1.807) is 24.3 Å². The van der Waals surface area contributed by atoms with Gasteiger partial charge in [-0.05, 0) is 31.2 Å². The van der Waals surface area contributed by atoms with Crippen LogP contribution >= 0.6 is 34.7 Å². The van der Waals surface area contributed by atoms with Crippen LogP contribution in [-0.4, -0.2) is 40.1 Å². The van der Waals surface area contributed by atoms with Crippen LogP contribution < -0.4 is 10.6 Å². The van der Waals surface area contributed by atoms with Gasteiger partial charge < -0.3 is 5.32 Å². The maximum atomic E-state index is 12.1. The summed E-state index contributed by atoms with van der Waals surface area (Å²) in [5.74, 6) is -1.05. The SMILES string of the molecule is CNC(=O)[C@@H](Sc1nnc(NC(=O)c2ccc(Cl)cc2)s1)C(C)=O. The monoisotopic (exact) mass is 384 g/mol. The summed E-state index contributed by atoms with van der Waals surface area (Å²) < 4.78 is 0.408. The molecule has 0 radical (unpaired) electrons. The van der Waals surface area contributed by atoms with E-state index in [1.165, 1.54) is 14.0 Å². The van der Waals surface area contributed by atoms with Gasteiger partial charge in [0.2, 0.25) is 11.0 Å². The highest BCUT2D eigenvalue weighted by Gasteiger charge is 2.25. The minimum Gasteiger partial charge on any atom is -0.358 e. The molecule has 1 heterocycles. The summed E-state index contributed by atoms with van der Waals surface area (Å²) in [6, 6.07) is 6.40. The van der Waals surface area contributed by atoms with Crippen molar-refractivity contribution >= 4 is 57.4 Å². The van der Waals surface area contributed by atoms with Crippen molar-refractivity contribution in [1.82, 2.24) is 15.5 Å². The van der Waals surface area contributed by atoms with Gasteiger partial charge in [0.1, 0.15) is 5.25 Å². The fraction of sp³-hybridized carbons (Fsp3) is 0.214. The summed E-state index contributed by atoms with van der Waals surface area (Å²) in [5.41, 5.74) is 0.427. The number of aromatic nitrogens is 2. The van der Waals surface area contributed by atoms with Crippen LogP contribution in [0.25, 0.3) is 0 Å². The largest absolute Gasteiger partial charge is 0.358 e. The Labute approximate surface area is 151 Å². The molecule has 1 aromatic heterocycles. The Hall–Kier alpha value is -1.97. The van der Waals surface area contributed by atoms with Gasteiger partial charge in [0.15, 0.2) is 10.1 Å². The Morgan fingerprint density at radius 1 is 1.21 bits per heavy atom. The van der Waals surface area contributed by atoms with Gasteiger partial charge in [-0.2, -0.15) is 0 Å². The smallest absolute Gasteiger partial charge is 0.257 e. The summed E-state index contributed by atoms with van der Waals surface area (Å²) in [5, 5.41) is 12.7. The van der Waals surface area contributed by atoms with Crippen LogP contribution in [0.4, 0.5) is 5.13 Å². The second-order valence-electron chi connectivity index (χ2n) is 4.56. The van der Waals surface area contributed by atoms with E-state index in [9.17, 15) is 14.4 Å². The van der Waals surface area contributed by atoms with Crippen molar-refractivity contribution in [3.8, 4) is 0 Å². The molecule has 2 aromatic rings. The molecule has 0 spiro atoms. The first kappa shape index (κ1) is 18.4. The molecule has 10 heteroatoms. The molecular weight excluding hydrogens is 372 g/mol. The predicted molar refractivity (Wildman–Crippen MR) is 93.7 cm³/mol. The summed E-state index contributed by atoms with van der Waals surface area (Å²) in [6.07, 6.45) is 0. The predicted octanol–water partition coefficient (Wildman–Crippen LogP) is 2.24. The Bertz CT molecular complexity index is 764. The molecule has 0 aliphatic rings. The number of carbonyl (C=O) groups is 3. The normalized spacial score (nSPS) is 11.6. The molecule has 0 bridgehead atoms. The van der Waals surface area contributed by atoms with Crippen molar-refractivity contribution in [2.45, 2.75) is 16.5 Å². The number of ketones is 1. The van der Waals surface area contributed by atoms with Crippen LogP contribution in [0.15, 0.2) is 28.6 Å². The molecule has 0 unspecified atom stereocenters. The molecule has 126 valence electrons. The topological polar surface area (TPSA) is 101 Å². The number of hydrogen-bond donors (Lipinski definition) is 2. The summed E-state index contributed by atoms with van der Waals surface area (Å²) in [7, 11) is 1.46. The zero-order chi connectivity index (χ0) is 17.7. The molecule has 1 aromatic carbocycles. The van der Waals surface area contributed by atoms with Gasteiger partial charge in [-0.1, -0.05) is 34.7 Å². The van der Waals surface area contributed by atoms with E-state index in [1.807, 2.05) is 0 Å². The van der Waals surface area contributed by atoms with Crippen molar-refractivity contribution in [2.75, 3.05) is 12.4 Å². The molecule has 0 aliphatic heterocycles. The van der Waals surface area contributed by atoms with Crippen molar-refractivity contribution in [3.05, 3.63) is 34.9 Å². The molecule has 2 rings (SSSR count). The number of hydrogen-bond acceptors (Lipinski definition) is 7. The molecule has 7 nitrogen and oxygen atoms in total. The van der Waals surface area contributed by atoms with Crippen molar-refractivity contribution in [1.29, 1.82) is 0 Å². The van der Waals surface area contributed by atoms with Gasteiger partial charge in [-0.15, -0.1) is 10.2 Å². The van der Waals surface area contributed by atoms with Gasteiger partial charge in [-0.25, -0.2) is 0 Å². The first-order valence-electron chi connectivity index (χ1n) is 6.70. The fourth-order valence-electron chi connectivity index (χ4n) is 1.63. The number of thioether (sulfide) groups is 1. The molecule has 0 saturated carbocycles. The lowest BCUT2D eigenvalue weighted by atomic mass is 10.2. The molecule has 0 fully saturated rings. The third-order valence-electron chi connectivity index (χ3n) is 2.81. The third kappa shape index (κ3) is 4.76. The lowest BCUT2D eigenvalue weighted by molar-refractivity contribution is -0.126. The Kier molecular flexibility index (Phi) is 6.29. The van der Waals surface area contributed by atoms with Crippen LogP contribution in [0.3, 0.4) is 0 Å². The molecule has 2 N–H and O–H groups in total. The highest BCUT2D eigenvalue weighted by Crippen LogP contribution is 2.29. The van der Waals surface area contributed by atoms with E-state index in [4.69, 9.17) is 11.6 Å². The van der Waals surface area contributed by atoms with Gasteiger partial charge in [0, 0.05) is 17.6 Å². The number of nitrogens with one attached hydrogen (secondary N) is 2. The second-order valence-corrected chi connectivity index (χ2v) is 7.32. The number of amides is 2. The lowest BCUT2D eigenvalue weighted by Crippen LogP contribution is -2.34. The summed E-state index contributed by atoms with van der Waals surface area (Å²) in [6.45, 7) is 1.33. The number of Topliss-reactive ketones (excluding diaryl/α,β-unsaturated/α-hetero) is 1. The second kappa shape index (κ2) is 8.22. The number of carbonyl (C=O) groups excluding carboxylic acids is 3. The Morgan fingerprint density at radius 2 is 1.88 bits per heavy atom. The molecule has 24 heavy (non-hydrogen) atoms. The minimum atomic E-state index is -0.900. The van der Waals surface area contributed by atoms with Gasteiger partial charge >= 0.3 is 0 Å². The van der Waals surface area contributed by atoms with Crippen molar-refractivity contribution in [3.63, 3.8) is 0 Å². The molecular formula is C14H13ClN4O3S2. The van der Waals surface area contributed by atoms with Gasteiger partial charge in [0.05, 0.1) is 0 Å². The maximum Gasteiger partial charge on any atom is 0.257 e. The first-order chi connectivity index (χ1) is 11.4. The van der Waals surface area contributed by atoms with Crippen LogP contribution in [0.1, 0.15) is 17.3 Å². The Balaban J connectivity index is 2.04. The van der Waals surface area contributed by atoms with E-state index in [0.717, 1.165) is 23.1 Å². The van der Waals surface area contributed by atoms with Gasteiger partial charge in [0.25, 0.3) is 5.91 Å². The van der Waals surface area contributed by atoms with E-state index >= 15 is 0 Å². The number of benzene rings is 1. The van der Waals surface area contributed by atoms with Crippen molar-refractivity contribution in [2.24, 2.45) is 0 Å². The maximum absolute atomic E-state index is 12.1. The first-order valence-corrected chi connectivity index (χ1v) is 8.77. The summed E-state index contributed by atoms with van der Waals surface area (Å²) in [4.78, 5) is 35.3. The molecule has 0 saturated heterocycles. The lowest BCUT2D eigenvalue weighted by Gasteiger charge is -2.08.